The highest BCUT2D eigenvalue weighted by atomic mass is 16.5. The van der Waals surface area contributed by atoms with Crippen LogP contribution in [0.15, 0.2) is 77.7 Å². The summed E-state index contributed by atoms with van der Waals surface area (Å²) in [6, 6.07) is 20.7. The number of nitrogens with one attached hydrogen (secondary N) is 1. The normalized spacial score (nSPS) is 12.3. The summed E-state index contributed by atoms with van der Waals surface area (Å²) in [6.45, 7) is 2.14. The predicted octanol–water partition coefficient (Wildman–Crippen LogP) is 4.69. The summed E-state index contributed by atoms with van der Waals surface area (Å²) in [5.74, 6) is 1.16. The number of fused-ring (bicyclic) bond motifs is 5. The van der Waals surface area contributed by atoms with Gasteiger partial charge in [-0.1, -0.05) is 30.3 Å². The Bertz CT molecular complexity index is 1880. The minimum Gasteiger partial charge on any atom is -0.493 e. The molecule has 1 amide bonds. The topological polar surface area (TPSA) is 91.2 Å². The van der Waals surface area contributed by atoms with Crippen molar-refractivity contribution in [2.24, 2.45) is 0 Å². The lowest BCUT2D eigenvalue weighted by molar-refractivity contribution is -0.127. The molecule has 0 fully saturated rings. The zero-order valence-electron chi connectivity index (χ0n) is 21.1. The van der Waals surface area contributed by atoms with E-state index in [0.29, 0.717) is 45.6 Å². The molecule has 1 N–H and O–H groups in total. The van der Waals surface area contributed by atoms with Gasteiger partial charge in [0.05, 0.1) is 36.2 Å². The van der Waals surface area contributed by atoms with Gasteiger partial charge in [-0.3, -0.25) is 19.0 Å². The van der Waals surface area contributed by atoms with Crippen molar-refractivity contribution in [3.8, 4) is 17.2 Å². The number of ether oxygens (including phenoxy) is 3. The largest absolute Gasteiger partial charge is 0.493 e. The molecule has 0 saturated heterocycles. The average Bonchev–Trinajstić information content (AvgIpc) is 3.29. The number of methoxy groups -OCH3 is 2. The van der Waals surface area contributed by atoms with Crippen molar-refractivity contribution >= 4 is 44.0 Å². The fraction of sp³-hybridized carbons (Fsp3) is 0.167. The third-order valence-corrected chi connectivity index (χ3v) is 6.86. The summed E-state index contributed by atoms with van der Waals surface area (Å²) >= 11 is 0. The SMILES string of the molecule is COc1ccc2c(c1OC)c(=O)n1c3ccc(OC(C)C(=O)NCc4ccccc4)cc3c3ccnc2c31. The monoisotopic (exact) mass is 507 g/mol. The van der Waals surface area contributed by atoms with E-state index < -0.39 is 6.10 Å². The summed E-state index contributed by atoms with van der Waals surface area (Å²) in [5.41, 5.74) is 2.91. The number of nitrogens with zero attached hydrogens (tertiary/aromatic N) is 2. The number of aromatic nitrogens is 2. The van der Waals surface area contributed by atoms with Crippen LogP contribution in [0, 0.1) is 0 Å². The van der Waals surface area contributed by atoms with Gasteiger partial charge in [0.25, 0.3) is 11.5 Å². The highest BCUT2D eigenvalue weighted by Crippen LogP contribution is 2.39. The van der Waals surface area contributed by atoms with Gasteiger partial charge in [-0.15, -0.1) is 0 Å². The van der Waals surface area contributed by atoms with E-state index in [1.54, 1.807) is 29.7 Å². The molecule has 6 aromatic rings. The second kappa shape index (κ2) is 9.23. The van der Waals surface area contributed by atoms with Gasteiger partial charge in [0.2, 0.25) is 0 Å². The lowest BCUT2D eigenvalue weighted by atomic mass is 10.1. The fourth-order valence-corrected chi connectivity index (χ4v) is 5.06. The predicted molar refractivity (Wildman–Crippen MR) is 147 cm³/mol. The molecular formula is C30H25N3O5. The average molecular weight is 508 g/mol. The number of hydrogen-bond donors (Lipinski definition) is 1. The van der Waals surface area contributed by atoms with Gasteiger partial charge < -0.3 is 19.5 Å². The molecule has 3 aromatic heterocycles. The van der Waals surface area contributed by atoms with E-state index in [1.807, 2.05) is 54.6 Å². The van der Waals surface area contributed by atoms with Crippen molar-refractivity contribution in [3.63, 3.8) is 0 Å². The molecule has 3 aromatic carbocycles. The van der Waals surface area contributed by atoms with Crippen LogP contribution in [0.25, 0.3) is 38.1 Å². The Morgan fingerprint density at radius 3 is 2.55 bits per heavy atom. The minimum atomic E-state index is -0.708. The first-order valence-electron chi connectivity index (χ1n) is 12.2. The second-order valence-corrected chi connectivity index (χ2v) is 9.06. The lowest BCUT2D eigenvalue weighted by Crippen LogP contribution is -2.35. The Morgan fingerprint density at radius 1 is 0.974 bits per heavy atom. The maximum atomic E-state index is 13.9. The van der Waals surface area contributed by atoms with Gasteiger partial charge >= 0.3 is 0 Å². The molecule has 0 spiro atoms. The van der Waals surface area contributed by atoms with Gasteiger partial charge in [0.15, 0.2) is 17.6 Å². The van der Waals surface area contributed by atoms with E-state index in [1.165, 1.54) is 14.2 Å². The molecule has 6 rings (SSSR count). The number of hydrogen-bond acceptors (Lipinski definition) is 6. The lowest BCUT2D eigenvalue weighted by Gasteiger charge is -2.15. The number of pyridine rings is 2. The Balaban J connectivity index is 1.43. The standard InChI is InChI=1S/C30H25N3O5/c1-17(29(34)32-16-18-7-5-4-6-8-18)38-19-9-11-23-22(15-19)20-13-14-31-26-21-10-12-24(36-2)28(37-3)25(21)30(35)33(23)27(20)26/h4-15,17H,16H2,1-3H3,(H,32,34). The van der Waals surface area contributed by atoms with Crippen LogP contribution in [0.2, 0.25) is 0 Å². The van der Waals surface area contributed by atoms with Crippen LogP contribution < -0.4 is 25.1 Å². The van der Waals surface area contributed by atoms with E-state index in [4.69, 9.17) is 14.2 Å². The zero-order valence-corrected chi connectivity index (χ0v) is 21.1. The van der Waals surface area contributed by atoms with E-state index >= 15 is 0 Å². The summed E-state index contributed by atoms with van der Waals surface area (Å²) in [7, 11) is 3.06. The zero-order chi connectivity index (χ0) is 26.4. The van der Waals surface area contributed by atoms with Gasteiger partial charge in [-0.2, -0.15) is 0 Å². The summed E-state index contributed by atoms with van der Waals surface area (Å²) in [4.78, 5) is 31.2. The van der Waals surface area contributed by atoms with Crippen molar-refractivity contribution < 1.29 is 19.0 Å². The Hall–Kier alpha value is -4.85. The Labute approximate surface area is 217 Å². The molecule has 8 nitrogen and oxygen atoms in total. The van der Waals surface area contributed by atoms with E-state index in [9.17, 15) is 9.59 Å². The van der Waals surface area contributed by atoms with E-state index in [0.717, 1.165) is 21.9 Å². The fourth-order valence-electron chi connectivity index (χ4n) is 5.06. The summed E-state index contributed by atoms with van der Waals surface area (Å²) < 4.78 is 18.7. The van der Waals surface area contributed by atoms with Gasteiger partial charge in [-0.25, -0.2) is 0 Å². The minimum absolute atomic E-state index is 0.215. The van der Waals surface area contributed by atoms with E-state index in [-0.39, 0.29) is 11.5 Å². The van der Waals surface area contributed by atoms with Crippen molar-refractivity contribution in [2.45, 2.75) is 19.6 Å². The van der Waals surface area contributed by atoms with Crippen LogP contribution in [-0.4, -0.2) is 35.6 Å². The molecule has 1 atom stereocenters. The maximum Gasteiger partial charge on any atom is 0.267 e. The first-order chi connectivity index (χ1) is 18.5. The van der Waals surface area contributed by atoms with Crippen molar-refractivity contribution in [1.82, 2.24) is 14.7 Å². The number of amides is 1. The number of rotatable bonds is 7. The number of carbonyl (C=O) groups is 1. The molecule has 0 radical (unpaired) electrons. The van der Waals surface area contributed by atoms with Crippen molar-refractivity contribution in [1.29, 1.82) is 0 Å². The number of carbonyl (C=O) groups excluding carboxylic acids is 1. The Kier molecular flexibility index (Phi) is 5.72. The summed E-state index contributed by atoms with van der Waals surface area (Å²) in [5, 5.41) is 5.69. The van der Waals surface area contributed by atoms with Crippen LogP contribution in [0.4, 0.5) is 0 Å². The van der Waals surface area contributed by atoms with E-state index in [2.05, 4.69) is 10.3 Å². The van der Waals surface area contributed by atoms with Gasteiger partial charge in [0, 0.05) is 28.9 Å². The van der Waals surface area contributed by atoms with Gasteiger partial charge in [0.1, 0.15) is 5.75 Å². The molecule has 8 heteroatoms. The molecular weight excluding hydrogens is 482 g/mol. The quantitative estimate of drug-likeness (QED) is 0.315. The third-order valence-electron chi connectivity index (χ3n) is 6.86. The Morgan fingerprint density at radius 2 is 1.79 bits per heavy atom. The number of benzene rings is 3. The molecule has 0 aliphatic rings. The molecule has 38 heavy (non-hydrogen) atoms. The highest BCUT2D eigenvalue weighted by Gasteiger charge is 2.23. The van der Waals surface area contributed by atoms with Crippen molar-refractivity contribution in [2.75, 3.05) is 14.2 Å². The van der Waals surface area contributed by atoms with Crippen LogP contribution in [0.5, 0.6) is 17.2 Å². The maximum absolute atomic E-state index is 13.9. The molecule has 3 heterocycles. The third kappa shape index (κ3) is 3.64. The second-order valence-electron chi connectivity index (χ2n) is 9.06. The van der Waals surface area contributed by atoms with Crippen LogP contribution in [-0.2, 0) is 11.3 Å². The highest BCUT2D eigenvalue weighted by molar-refractivity contribution is 6.19. The molecule has 0 aliphatic heterocycles. The first-order valence-corrected chi connectivity index (χ1v) is 12.2. The molecule has 0 aliphatic carbocycles. The molecule has 0 saturated carbocycles. The van der Waals surface area contributed by atoms with Crippen LogP contribution in [0.3, 0.4) is 0 Å². The van der Waals surface area contributed by atoms with Crippen LogP contribution in [0.1, 0.15) is 12.5 Å². The summed E-state index contributed by atoms with van der Waals surface area (Å²) in [6.07, 6.45) is 1.02. The molecule has 0 bridgehead atoms. The smallest absolute Gasteiger partial charge is 0.267 e. The molecule has 1 unspecified atom stereocenters. The molecule has 190 valence electrons. The van der Waals surface area contributed by atoms with Gasteiger partial charge in [-0.05, 0) is 48.9 Å². The first kappa shape index (κ1) is 23.5. The van der Waals surface area contributed by atoms with Crippen molar-refractivity contribution in [3.05, 3.63) is 88.8 Å². The van der Waals surface area contributed by atoms with Crippen LogP contribution >= 0.6 is 0 Å².